The molecule has 0 radical (unpaired) electrons. The van der Waals surface area contributed by atoms with Crippen molar-refractivity contribution in [3.05, 3.63) is 0 Å². The topological polar surface area (TPSA) is 49.3 Å². The molecule has 1 saturated carbocycles. The second-order valence-electron chi connectivity index (χ2n) is 5.29. The van der Waals surface area contributed by atoms with Crippen molar-refractivity contribution in [1.29, 1.82) is 0 Å². The lowest BCUT2D eigenvalue weighted by atomic mass is 10.1. The van der Waals surface area contributed by atoms with E-state index >= 15 is 0 Å². The summed E-state index contributed by atoms with van der Waals surface area (Å²) in [4.78, 5) is 11.2. The molecular formula is C12H23NO2S. The Balaban J connectivity index is 2.29. The second kappa shape index (κ2) is 5.92. The number of carbonyl (C=O) groups is 1. The third-order valence-corrected chi connectivity index (χ3v) is 4.11. The van der Waals surface area contributed by atoms with Crippen molar-refractivity contribution in [2.45, 2.75) is 51.6 Å². The van der Waals surface area contributed by atoms with Gasteiger partial charge in [0.2, 0.25) is 0 Å². The molecule has 0 aromatic rings. The molecule has 16 heavy (non-hydrogen) atoms. The molecule has 2 N–H and O–H groups in total. The first kappa shape index (κ1) is 13.8. The van der Waals surface area contributed by atoms with Gasteiger partial charge >= 0.3 is 5.97 Å². The van der Waals surface area contributed by atoms with Gasteiger partial charge in [0.15, 0.2) is 0 Å². The molecule has 1 fully saturated rings. The number of nitrogens with one attached hydrogen (secondary N) is 1. The Morgan fingerprint density at radius 3 is 2.62 bits per heavy atom. The van der Waals surface area contributed by atoms with E-state index in [1.54, 1.807) is 18.7 Å². The summed E-state index contributed by atoms with van der Waals surface area (Å²) >= 11 is 1.74. The van der Waals surface area contributed by atoms with Gasteiger partial charge in [-0.2, -0.15) is 11.8 Å². The Hall–Kier alpha value is -0.220. The molecule has 0 aromatic heterocycles. The van der Waals surface area contributed by atoms with Gasteiger partial charge in [0.25, 0.3) is 0 Å². The quantitative estimate of drug-likeness (QED) is 0.645. The minimum Gasteiger partial charge on any atom is -0.480 e. The van der Waals surface area contributed by atoms with Crippen molar-refractivity contribution < 1.29 is 9.90 Å². The van der Waals surface area contributed by atoms with Crippen molar-refractivity contribution in [1.82, 2.24) is 5.32 Å². The van der Waals surface area contributed by atoms with E-state index < -0.39 is 11.5 Å². The SMILES string of the molecule is CC(C)CCSCC(C)(NC1CC1)C(=O)O. The third-order valence-electron chi connectivity index (χ3n) is 2.80. The summed E-state index contributed by atoms with van der Waals surface area (Å²) in [5.41, 5.74) is -0.747. The highest BCUT2D eigenvalue weighted by Gasteiger charge is 2.38. The molecule has 0 spiro atoms. The maximum atomic E-state index is 11.2. The molecule has 0 saturated heterocycles. The monoisotopic (exact) mass is 245 g/mol. The number of aliphatic carboxylic acids is 1. The molecule has 1 atom stereocenters. The Morgan fingerprint density at radius 1 is 1.56 bits per heavy atom. The number of hydrogen-bond donors (Lipinski definition) is 2. The van der Waals surface area contributed by atoms with Gasteiger partial charge in [-0.15, -0.1) is 0 Å². The molecule has 0 bridgehead atoms. The highest BCUT2D eigenvalue weighted by atomic mass is 32.2. The fraction of sp³-hybridized carbons (Fsp3) is 0.917. The molecular weight excluding hydrogens is 222 g/mol. The molecule has 1 aliphatic rings. The zero-order valence-corrected chi connectivity index (χ0v) is 11.3. The van der Waals surface area contributed by atoms with E-state index in [-0.39, 0.29) is 0 Å². The third kappa shape index (κ3) is 4.74. The average molecular weight is 245 g/mol. The van der Waals surface area contributed by atoms with E-state index in [4.69, 9.17) is 0 Å². The highest BCUT2D eigenvalue weighted by Crippen LogP contribution is 2.25. The Bertz CT molecular complexity index is 241. The predicted molar refractivity (Wildman–Crippen MR) is 69.0 cm³/mol. The van der Waals surface area contributed by atoms with Crippen molar-refractivity contribution in [2.24, 2.45) is 5.92 Å². The van der Waals surface area contributed by atoms with Crippen molar-refractivity contribution in [3.63, 3.8) is 0 Å². The second-order valence-corrected chi connectivity index (χ2v) is 6.40. The Morgan fingerprint density at radius 2 is 2.19 bits per heavy atom. The van der Waals surface area contributed by atoms with E-state index in [1.807, 2.05) is 0 Å². The average Bonchev–Trinajstić information content (AvgIpc) is 2.96. The van der Waals surface area contributed by atoms with Crippen LogP contribution in [0.5, 0.6) is 0 Å². The van der Waals surface area contributed by atoms with Crippen LogP contribution in [0.15, 0.2) is 0 Å². The molecule has 1 aliphatic carbocycles. The lowest BCUT2D eigenvalue weighted by Gasteiger charge is -2.26. The van der Waals surface area contributed by atoms with E-state index in [0.717, 1.165) is 25.0 Å². The molecule has 1 rings (SSSR count). The van der Waals surface area contributed by atoms with Crippen LogP contribution in [-0.2, 0) is 4.79 Å². The first-order valence-corrected chi connectivity index (χ1v) is 7.18. The van der Waals surface area contributed by atoms with Crippen LogP contribution in [0, 0.1) is 5.92 Å². The van der Waals surface area contributed by atoms with Crippen LogP contribution in [0.4, 0.5) is 0 Å². The van der Waals surface area contributed by atoms with E-state index in [1.165, 1.54) is 0 Å². The first-order valence-electron chi connectivity index (χ1n) is 6.03. The van der Waals surface area contributed by atoms with Gasteiger partial charge in [-0.3, -0.25) is 10.1 Å². The summed E-state index contributed by atoms with van der Waals surface area (Å²) in [6, 6.07) is 0.437. The molecule has 1 unspecified atom stereocenters. The molecule has 0 amide bonds. The van der Waals surface area contributed by atoms with Gasteiger partial charge in [-0.1, -0.05) is 13.8 Å². The normalized spacial score (nSPS) is 19.8. The number of hydrogen-bond acceptors (Lipinski definition) is 3. The number of thioether (sulfide) groups is 1. The van der Waals surface area contributed by atoms with Gasteiger partial charge in [0, 0.05) is 11.8 Å². The van der Waals surface area contributed by atoms with Crippen LogP contribution in [0.3, 0.4) is 0 Å². The number of carboxylic acids is 1. The Kier molecular flexibility index (Phi) is 5.12. The largest absolute Gasteiger partial charge is 0.480 e. The zero-order valence-electron chi connectivity index (χ0n) is 10.5. The maximum Gasteiger partial charge on any atom is 0.324 e. The van der Waals surface area contributed by atoms with E-state index in [0.29, 0.717) is 17.7 Å². The van der Waals surface area contributed by atoms with Crippen molar-refractivity contribution in [2.75, 3.05) is 11.5 Å². The summed E-state index contributed by atoms with van der Waals surface area (Å²) < 4.78 is 0. The minimum atomic E-state index is -0.747. The summed E-state index contributed by atoms with van der Waals surface area (Å²) in [6.07, 6.45) is 3.41. The minimum absolute atomic E-state index is 0.437. The van der Waals surface area contributed by atoms with Crippen LogP contribution >= 0.6 is 11.8 Å². The van der Waals surface area contributed by atoms with Crippen LogP contribution < -0.4 is 5.32 Å². The number of rotatable bonds is 8. The standard InChI is InChI=1S/C12H23NO2S/c1-9(2)6-7-16-8-12(3,11(14)15)13-10-4-5-10/h9-10,13H,4-8H2,1-3H3,(H,14,15). The molecule has 3 nitrogen and oxygen atoms in total. The van der Waals surface area contributed by atoms with Crippen LogP contribution in [-0.4, -0.2) is 34.2 Å². The predicted octanol–water partition coefficient (Wildman–Crippen LogP) is 2.36. The van der Waals surface area contributed by atoms with Crippen LogP contribution in [0.1, 0.15) is 40.0 Å². The molecule has 0 aromatic carbocycles. The molecule has 4 heteroatoms. The summed E-state index contributed by atoms with van der Waals surface area (Å²) in [7, 11) is 0. The van der Waals surface area contributed by atoms with Gasteiger partial charge in [-0.25, -0.2) is 0 Å². The van der Waals surface area contributed by atoms with Gasteiger partial charge in [-0.05, 0) is 37.9 Å². The first-order chi connectivity index (χ1) is 7.44. The molecule has 0 aliphatic heterocycles. The molecule has 0 heterocycles. The Labute approximate surface area is 102 Å². The fourth-order valence-corrected chi connectivity index (χ4v) is 2.84. The van der Waals surface area contributed by atoms with Crippen LogP contribution in [0.2, 0.25) is 0 Å². The summed E-state index contributed by atoms with van der Waals surface area (Å²) in [5.74, 6) is 1.68. The van der Waals surface area contributed by atoms with Gasteiger partial charge in [0.05, 0.1) is 0 Å². The summed E-state index contributed by atoms with van der Waals surface area (Å²) in [5, 5.41) is 12.5. The molecule has 94 valence electrons. The smallest absolute Gasteiger partial charge is 0.324 e. The van der Waals surface area contributed by atoms with Gasteiger partial charge in [0.1, 0.15) is 5.54 Å². The van der Waals surface area contributed by atoms with Crippen molar-refractivity contribution in [3.8, 4) is 0 Å². The van der Waals surface area contributed by atoms with Gasteiger partial charge < -0.3 is 5.11 Å². The lowest BCUT2D eigenvalue weighted by Crippen LogP contribution is -2.52. The highest BCUT2D eigenvalue weighted by molar-refractivity contribution is 7.99. The van der Waals surface area contributed by atoms with E-state index in [2.05, 4.69) is 19.2 Å². The summed E-state index contributed by atoms with van der Waals surface area (Å²) in [6.45, 7) is 6.19. The zero-order chi connectivity index (χ0) is 12.2. The van der Waals surface area contributed by atoms with Crippen LogP contribution in [0.25, 0.3) is 0 Å². The van der Waals surface area contributed by atoms with E-state index in [9.17, 15) is 9.90 Å². The lowest BCUT2D eigenvalue weighted by molar-refractivity contribution is -0.143. The maximum absolute atomic E-state index is 11.2. The number of carboxylic acid groups (broad SMARTS) is 1. The van der Waals surface area contributed by atoms with Crippen molar-refractivity contribution >= 4 is 17.7 Å². The fourth-order valence-electron chi connectivity index (χ4n) is 1.44.